The van der Waals surface area contributed by atoms with Crippen LogP contribution < -0.4 is 0 Å². The largest absolute Gasteiger partial charge is 0.434 e. The second-order valence-electron chi connectivity index (χ2n) is 4.47. The summed E-state index contributed by atoms with van der Waals surface area (Å²) in [6.07, 6.45) is 1.64. The topological polar surface area (TPSA) is 61.4 Å². The lowest BCUT2D eigenvalue weighted by atomic mass is 10.4. The Hall–Kier alpha value is -2.13. The Morgan fingerprint density at radius 1 is 1.00 bits per heavy atom. The molecule has 0 atom stereocenters. The number of alkyl halides is 3. The van der Waals surface area contributed by atoms with E-state index in [9.17, 15) is 13.2 Å². The normalized spacial score (nSPS) is 11.9. The van der Waals surface area contributed by atoms with Gasteiger partial charge in [-0.25, -0.2) is 19.6 Å². The molecule has 0 amide bonds. The van der Waals surface area contributed by atoms with Gasteiger partial charge in [-0.05, 0) is 0 Å². The molecule has 6 nitrogen and oxygen atoms in total. The highest BCUT2D eigenvalue weighted by atomic mass is 35.5. The van der Waals surface area contributed by atoms with Crippen LogP contribution in [0.4, 0.5) is 13.2 Å². The quantitative estimate of drug-likeness (QED) is 0.717. The average Bonchev–Trinajstić information content (AvgIpc) is 3.07. The van der Waals surface area contributed by atoms with Crippen LogP contribution in [0, 0.1) is 0 Å². The SMILES string of the molecule is FC(F)(F)c1cn(Cc2ncc(Cl)cn2)c(-n2cc(Cl)cn2)n1. The van der Waals surface area contributed by atoms with Crippen molar-refractivity contribution in [1.29, 1.82) is 0 Å². The molecular formula is C12H7Cl2F3N6. The van der Waals surface area contributed by atoms with Crippen molar-refractivity contribution in [2.45, 2.75) is 12.7 Å². The fraction of sp³-hybridized carbons (Fsp3) is 0.167. The maximum atomic E-state index is 12.9. The Morgan fingerprint density at radius 3 is 2.26 bits per heavy atom. The minimum Gasteiger partial charge on any atom is -0.307 e. The minimum atomic E-state index is -4.59. The van der Waals surface area contributed by atoms with E-state index in [2.05, 4.69) is 20.1 Å². The van der Waals surface area contributed by atoms with E-state index in [1.807, 2.05) is 0 Å². The Kier molecular flexibility index (Phi) is 3.99. The van der Waals surface area contributed by atoms with Gasteiger partial charge in [0.25, 0.3) is 0 Å². The van der Waals surface area contributed by atoms with Gasteiger partial charge < -0.3 is 4.57 Å². The Bertz CT molecular complexity index is 824. The van der Waals surface area contributed by atoms with Crippen molar-refractivity contribution in [3.63, 3.8) is 0 Å². The van der Waals surface area contributed by atoms with Gasteiger partial charge in [-0.15, -0.1) is 0 Å². The summed E-state index contributed by atoms with van der Waals surface area (Å²) in [5.74, 6) is 0.225. The Morgan fingerprint density at radius 2 is 1.70 bits per heavy atom. The summed E-state index contributed by atoms with van der Waals surface area (Å²) >= 11 is 11.4. The number of imidazole rings is 1. The fourth-order valence-electron chi connectivity index (χ4n) is 1.83. The average molecular weight is 363 g/mol. The van der Waals surface area contributed by atoms with Crippen LogP contribution >= 0.6 is 23.2 Å². The van der Waals surface area contributed by atoms with Gasteiger partial charge in [0.05, 0.1) is 29.0 Å². The lowest BCUT2D eigenvalue weighted by Gasteiger charge is -2.06. The standard InChI is InChI=1S/C12H7Cl2F3N6/c13-7-1-18-10(19-2-7)6-22-5-9(12(15,16)17)21-11(22)23-4-8(14)3-20-23/h1-5H,6H2. The third-order valence-electron chi connectivity index (χ3n) is 2.79. The van der Waals surface area contributed by atoms with Crippen molar-refractivity contribution in [2.75, 3.05) is 0 Å². The van der Waals surface area contributed by atoms with Gasteiger partial charge >= 0.3 is 6.18 Å². The molecule has 3 aromatic heterocycles. The molecule has 11 heteroatoms. The van der Waals surface area contributed by atoms with Crippen LogP contribution in [0.3, 0.4) is 0 Å². The van der Waals surface area contributed by atoms with Crippen molar-refractivity contribution in [3.8, 4) is 5.95 Å². The maximum absolute atomic E-state index is 12.9. The summed E-state index contributed by atoms with van der Waals surface area (Å²) in [7, 11) is 0. The first kappa shape index (κ1) is 15.8. The molecule has 0 saturated heterocycles. The molecule has 3 aromatic rings. The van der Waals surface area contributed by atoms with Crippen LogP contribution in [0.25, 0.3) is 5.95 Å². The van der Waals surface area contributed by atoms with Crippen LogP contribution in [0.1, 0.15) is 11.5 Å². The van der Waals surface area contributed by atoms with Gasteiger partial charge in [0, 0.05) is 18.6 Å². The molecule has 0 radical (unpaired) electrons. The number of hydrogen-bond acceptors (Lipinski definition) is 4. The second kappa shape index (κ2) is 5.82. The number of nitrogens with zero attached hydrogens (tertiary/aromatic N) is 6. The lowest BCUT2D eigenvalue weighted by molar-refractivity contribution is -0.140. The molecule has 3 heterocycles. The molecule has 0 fully saturated rings. The van der Waals surface area contributed by atoms with Crippen LogP contribution in [0.15, 0.2) is 31.0 Å². The van der Waals surface area contributed by atoms with Gasteiger partial charge in [0.15, 0.2) is 5.69 Å². The molecule has 0 aliphatic carbocycles. The van der Waals surface area contributed by atoms with Crippen LogP contribution in [-0.4, -0.2) is 29.3 Å². The Labute approximate surface area is 137 Å². The van der Waals surface area contributed by atoms with E-state index in [0.29, 0.717) is 5.02 Å². The predicted molar refractivity (Wildman–Crippen MR) is 75.5 cm³/mol. The van der Waals surface area contributed by atoms with E-state index in [1.54, 1.807) is 0 Å². The van der Waals surface area contributed by atoms with E-state index >= 15 is 0 Å². The predicted octanol–water partition coefficient (Wildman–Crippen LogP) is 3.23. The highest BCUT2D eigenvalue weighted by Gasteiger charge is 2.35. The number of hydrogen-bond donors (Lipinski definition) is 0. The van der Waals surface area contributed by atoms with Crippen molar-refractivity contribution in [3.05, 3.63) is 52.5 Å². The van der Waals surface area contributed by atoms with E-state index < -0.39 is 11.9 Å². The molecule has 0 N–H and O–H groups in total. The number of halogens is 5. The summed E-state index contributed by atoms with van der Waals surface area (Å²) in [5, 5.41) is 4.47. The van der Waals surface area contributed by atoms with E-state index in [1.165, 1.54) is 29.4 Å². The van der Waals surface area contributed by atoms with Gasteiger partial charge in [-0.3, -0.25) is 0 Å². The summed E-state index contributed by atoms with van der Waals surface area (Å²) in [5.41, 5.74) is -1.05. The molecule has 0 aromatic carbocycles. The van der Waals surface area contributed by atoms with Crippen LogP contribution in [0.2, 0.25) is 10.0 Å². The zero-order valence-corrected chi connectivity index (χ0v) is 12.7. The molecule has 0 bridgehead atoms. The van der Waals surface area contributed by atoms with Crippen molar-refractivity contribution in [2.24, 2.45) is 0 Å². The molecule has 0 unspecified atom stereocenters. The third kappa shape index (κ3) is 3.45. The molecular weight excluding hydrogens is 356 g/mol. The van der Waals surface area contributed by atoms with Gasteiger partial charge in [-0.1, -0.05) is 23.2 Å². The molecule has 0 spiro atoms. The van der Waals surface area contributed by atoms with E-state index in [4.69, 9.17) is 23.2 Å². The van der Waals surface area contributed by atoms with Gasteiger partial charge in [-0.2, -0.15) is 18.3 Å². The molecule has 0 saturated carbocycles. The first-order valence-electron chi connectivity index (χ1n) is 6.14. The van der Waals surface area contributed by atoms with Crippen LogP contribution in [0.5, 0.6) is 0 Å². The minimum absolute atomic E-state index is 0.0347. The fourth-order valence-corrected chi connectivity index (χ4v) is 2.06. The molecule has 0 aliphatic rings. The maximum Gasteiger partial charge on any atom is 0.434 e. The van der Waals surface area contributed by atoms with Crippen molar-refractivity contribution < 1.29 is 13.2 Å². The first-order chi connectivity index (χ1) is 10.8. The molecule has 0 aliphatic heterocycles. The summed E-state index contributed by atoms with van der Waals surface area (Å²) < 4.78 is 41.1. The third-order valence-corrected chi connectivity index (χ3v) is 3.18. The molecule has 3 rings (SSSR count). The van der Waals surface area contributed by atoms with Gasteiger partial charge in [0.1, 0.15) is 5.82 Å². The molecule has 23 heavy (non-hydrogen) atoms. The first-order valence-corrected chi connectivity index (χ1v) is 6.90. The van der Waals surface area contributed by atoms with E-state index in [0.717, 1.165) is 10.9 Å². The summed E-state index contributed by atoms with van der Waals surface area (Å²) in [4.78, 5) is 11.5. The number of rotatable bonds is 3. The zero-order valence-electron chi connectivity index (χ0n) is 11.2. The summed E-state index contributed by atoms with van der Waals surface area (Å²) in [6.45, 7) is -0.0347. The second-order valence-corrected chi connectivity index (χ2v) is 5.35. The summed E-state index contributed by atoms with van der Waals surface area (Å²) in [6, 6.07) is 0. The lowest BCUT2D eigenvalue weighted by Crippen LogP contribution is -2.09. The zero-order chi connectivity index (χ0) is 16.6. The van der Waals surface area contributed by atoms with E-state index in [-0.39, 0.29) is 23.3 Å². The van der Waals surface area contributed by atoms with Crippen molar-refractivity contribution >= 4 is 23.2 Å². The smallest absolute Gasteiger partial charge is 0.307 e. The monoisotopic (exact) mass is 362 g/mol. The van der Waals surface area contributed by atoms with Crippen molar-refractivity contribution in [1.82, 2.24) is 29.3 Å². The Balaban J connectivity index is 2.03. The highest BCUT2D eigenvalue weighted by molar-refractivity contribution is 6.30. The van der Waals surface area contributed by atoms with Crippen LogP contribution in [-0.2, 0) is 12.7 Å². The highest BCUT2D eigenvalue weighted by Crippen LogP contribution is 2.29. The number of aromatic nitrogens is 6. The van der Waals surface area contributed by atoms with Gasteiger partial charge in [0.2, 0.25) is 5.95 Å². The molecule has 120 valence electrons.